The van der Waals surface area contributed by atoms with Crippen molar-refractivity contribution < 1.29 is 9.53 Å². The maximum absolute atomic E-state index is 12.2. The molecule has 1 atom stereocenters. The van der Waals surface area contributed by atoms with E-state index in [0.717, 1.165) is 17.0 Å². The fourth-order valence-electron chi connectivity index (χ4n) is 1.99. The first kappa shape index (κ1) is 15.4. The highest BCUT2D eigenvalue weighted by Crippen LogP contribution is 2.22. The van der Waals surface area contributed by atoms with Gasteiger partial charge in [-0.05, 0) is 63.6 Å². The normalized spacial score (nSPS) is 12.0. The Bertz CT molecular complexity index is 645. The Morgan fingerprint density at radius 3 is 2.38 bits per heavy atom. The number of carbonyl (C=O) groups excluding carboxylic acids is 1. The summed E-state index contributed by atoms with van der Waals surface area (Å²) in [5.41, 5.74) is 5.68. The van der Waals surface area contributed by atoms with Crippen molar-refractivity contribution in [2.75, 3.05) is 5.43 Å². The van der Waals surface area contributed by atoms with Gasteiger partial charge in [-0.15, -0.1) is 0 Å². The summed E-state index contributed by atoms with van der Waals surface area (Å²) < 4.78 is 7.40. The van der Waals surface area contributed by atoms with Crippen molar-refractivity contribution >= 4 is 17.5 Å². The summed E-state index contributed by atoms with van der Waals surface area (Å²) in [5, 5.41) is 0.679. The molecule has 1 unspecified atom stereocenters. The number of hydrogen-bond donors (Lipinski definition) is 1. The van der Waals surface area contributed by atoms with Crippen LogP contribution in [0.5, 0.6) is 5.75 Å². The molecule has 5 heteroatoms. The van der Waals surface area contributed by atoms with Crippen LogP contribution in [0.15, 0.2) is 30.3 Å². The zero-order valence-corrected chi connectivity index (χ0v) is 13.4. The van der Waals surface area contributed by atoms with E-state index >= 15 is 0 Å². The number of amides is 1. The third-order valence-electron chi connectivity index (χ3n) is 3.30. The zero-order chi connectivity index (χ0) is 15.6. The number of nitrogens with zero attached hydrogens (tertiary/aromatic N) is 1. The van der Waals surface area contributed by atoms with Crippen LogP contribution in [-0.2, 0) is 4.79 Å². The molecular formula is C16H19ClN2O2. The van der Waals surface area contributed by atoms with Gasteiger partial charge >= 0.3 is 0 Å². The number of ether oxygens (including phenoxy) is 1. The van der Waals surface area contributed by atoms with E-state index < -0.39 is 6.10 Å². The van der Waals surface area contributed by atoms with E-state index in [4.69, 9.17) is 16.3 Å². The van der Waals surface area contributed by atoms with E-state index in [1.807, 2.05) is 39.0 Å². The smallest absolute Gasteiger partial charge is 0.279 e. The summed E-state index contributed by atoms with van der Waals surface area (Å²) in [6.45, 7) is 7.47. The number of benzene rings is 1. The number of rotatable bonds is 4. The SMILES string of the molecule is Cc1cc(OC(C)C(=O)Nn2c(C)ccc2C)ccc1Cl. The van der Waals surface area contributed by atoms with Crippen LogP contribution in [0.1, 0.15) is 23.9 Å². The van der Waals surface area contributed by atoms with Gasteiger partial charge in [0, 0.05) is 16.4 Å². The summed E-state index contributed by atoms with van der Waals surface area (Å²) in [7, 11) is 0. The molecule has 1 aromatic carbocycles. The molecule has 0 aliphatic rings. The molecule has 0 saturated carbocycles. The molecule has 0 saturated heterocycles. The van der Waals surface area contributed by atoms with Gasteiger partial charge in [0.1, 0.15) is 5.75 Å². The molecule has 1 aromatic heterocycles. The minimum Gasteiger partial charge on any atom is -0.481 e. The van der Waals surface area contributed by atoms with E-state index in [1.54, 1.807) is 23.7 Å². The second-order valence-corrected chi connectivity index (χ2v) is 5.51. The molecule has 112 valence electrons. The first-order valence-corrected chi connectivity index (χ1v) is 7.15. The Kier molecular flexibility index (Phi) is 4.58. The molecule has 0 fully saturated rings. The van der Waals surface area contributed by atoms with Crippen LogP contribution in [0, 0.1) is 20.8 Å². The molecule has 0 bridgehead atoms. The highest BCUT2D eigenvalue weighted by Gasteiger charge is 2.16. The van der Waals surface area contributed by atoms with Crippen molar-refractivity contribution in [3.8, 4) is 5.75 Å². The number of nitrogens with one attached hydrogen (secondary N) is 1. The van der Waals surface area contributed by atoms with Gasteiger partial charge in [0.15, 0.2) is 6.10 Å². The van der Waals surface area contributed by atoms with E-state index in [2.05, 4.69) is 5.43 Å². The average molecular weight is 307 g/mol. The largest absolute Gasteiger partial charge is 0.481 e. The van der Waals surface area contributed by atoms with Gasteiger partial charge in [-0.1, -0.05) is 11.6 Å². The quantitative estimate of drug-likeness (QED) is 0.938. The number of aromatic nitrogens is 1. The number of hydrogen-bond acceptors (Lipinski definition) is 2. The lowest BCUT2D eigenvalue weighted by Crippen LogP contribution is -2.35. The summed E-state index contributed by atoms with van der Waals surface area (Å²) in [4.78, 5) is 12.2. The Morgan fingerprint density at radius 1 is 1.19 bits per heavy atom. The van der Waals surface area contributed by atoms with Crippen LogP contribution in [-0.4, -0.2) is 16.7 Å². The lowest BCUT2D eigenvalue weighted by Gasteiger charge is -2.17. The molecule has 0 aliphatic carbocycles. The number of halogens is 1. The van der Waals surface area contributed by atoms with Crippen LogP contribution in [0.2, 0.25) is 5.02 Å². The summed E-state index contributed by atoms with van der Waals surface area (Å²) in [6, 6.07) is 9.23. The van der Waals surface area contributed by atoms with Crippen LogP contribution in [0.3, 0.4) is 0 Å². The number of carbonyl (C=O) groups is 1. The lowest BCUT2D eigenvalue weighted by atomic mass is 10.2. The highest BCUT2D eigenvalue weighted by molar-refractivity contribution is 6.31. The standard InChI is InChI=1S/C16H19ClN2O2/c1-10-9-14(7-8-15(10)17)21-13(4)16(20)18-19-11(2)5-6-12(19)3/h5-9,13H,1-4H3,(H,18,20). The maximum Gasteiger partial charge on any atom is 0.279 e. The number of aryl methyl sites for hydroxylation is 3. The van der Waals surface area contributed by atoms with E-state index in [9.17, 15) is 4.79 Å². The molecule has 0 aliphatic heterocycles. The van der Waals surface area contributed by atoms with Crippen molar-refractivity contribution in [2.24, 2.45) is 0 Å². The molecule has 0 radical (unpaired) electrons. The second kappa shape index (κ2) is 6.22. The van der Waals surface area contributed by atoms with Gasteiger partial charge in [0.25, 0.3) is 5.91 Å². The fourth-order valence-corrected chi connectivity index (χ4v) is 2.11. The van der Waals surface area contributed by atoms with Crippen LogP contribution >= 0.6 is 11.6 Å². The average Bonchev–Trinajstić information content (AvgIpc) is 2.74. The topological polar surface area (TPSA) is 43.3 Å². The monoisotopic (exact) mass is 306 g/mol. The van der Waals surface area contributed by atoms with Gasteiger partial charge in [-0.3, -0.25) is 14.9 Å². The third-order valence-corrected chi connectivity index (χ3v) is 3.73. The van der Waals surface area contributed by atoms with Crippen molar-refractivity contribution in [1.29, 1.82) is 0 Å². The molecule has 1 heterocycles. The Labute approximate surface area is 129 Å². The minimum atomic E-state index is -0.605. The Balaban J connectivity index is 2.04. The van der Waals surface area contributed by atoms with E-state index in [-0.39, 0.29) is 5.91 Å². The van der Waals surface area contributed by atoms with Crippen molar-refractivity contribution in [3.05, 3.63) is 52.3 Å². The maximum atomic E-state index is 12.2. The van der Waals surface area contributed by atoms with Crippen LogP contribution in [0.4, 0.5) is 0 Å². The van der Waals surface area contributed by atoms with E-state index in [0.29, 0.717) is 10.8 Å². The molecule has 2 rings (SSSR count). The Hall–Kier alpha value is -1.94. The molecule has 1 amide bonds. The Morgan fingerprint density at radius 2 is 1.81 bits per heavy atom. The third kappa shape index (κ3) is 3.58. The van der Waals surface area contributed by atoms with Crippen molar-refractivity contribution in [1.82, 2.24) is 4.68 Å². The first-order chi connectivity index (χ1) is 9.88. The molecule has 0 spiro atoms. The van der Waals surface area contributed by atoms with Gasteiger partial charge in [0.05, 0.1) is 0 Å². The zero-order valence-electron chi connectivity index (χ0n) is 12.6. The molecule has 21 heavy (non-hydrogen) atoms. The fraction of sp³-hybridized carbons (Fsp3) is 0.312. The van der Waals surface area contributed by atoms with E-state index in [1.165, 1.54) is 0 Å². The van der Waals surface area contributed by atoms with Gasteiger partial charge in [-0.25, -0.2) is 0 Å². The van der Waals surface area contributed by atoms with Crippen molar-refractivity contribution in [3.63, 3.8) is 0 Å². The summed E-state index contributed by atoms with van der Waals surface area (Å²) in [5.74, 6) is 0.422. The summed E-state index contributed by atoms with van der Waals surface area (Å²) in [6.07, 6.45) is -0.605. The predicted molar refractivity (Wildman–Crippen MR) is 84.6 cm³/mol. The van der Waals surface area contributed by atoms with Gasteiger partial charge in [0.2, 0.25) is 0 Å². The van der Waals surface area contributed by atoms with Gasteiger partial charge in [-0.2, -0.15) is 0 Å². The first-order valence-electron chi connectivity index (χ1n) is 6.77. The predicted octanol–water partition coefficient (Wildman–Crippen LogP) is 3.60. The highest BCUT2D eigenvalue weighted by atomic mass is 35.5. The summed E-state index contributed by atoms with van der Waals surface area (Å²) >= 11 is 5.97. The molecular weight excluding hydrogens is 288 g/mol. The molecule has 2 aromatic rings. The van der Waals surface area contributed by atoms with Crippen LogP contribution in [0.25, 0.3) is 0 Å². The molecule has 4 nitrogen and oxygen atoms in total. The lowest BCUT2D eigenvalue weighted by molar-refractivity contribution is -0.123. The second-order valence-electron chi connectivity index (χ2n) is 5.10. The minimum absolute atomic E-state index is 0.204. The van der Waals surface area contributed by atoms with Gasteiger partial charge < -0.3 is 4.74 Å². The van der Waals surface area contributed by atoms with Crippen molar-refractivity contribution in [2.45, 2.75) is 33.8 Å². The molecule has 1 N–H and O–H groups in total. The van der Waals surface area contributed by atoms with Crippen LogP contribution < -0.4 is 10.2 Å².